The van der Waals surface area contributed by atoms with Crippen molar-refractivity contribution in [1.82, 2.24) is 0 Å². The minimum absolute atomic E-state index is 0.108. The van der Waals surface area contributed by atoms with E-state index in [1.54, 1.807) is 18.2 Å². The van der Waals surface area contributed by atoms with Crippen molar-refractivity contribution >= 4 is 6.29 Å². The molecule has 0 spiro atoms. The van der Waals surface area contributed by atoms with Crippen molar-refractivity contribution in [1.29, 1.82) is 0 Å². The minimum Gasteiger partial charge on any atom is -0.493 e. The fourth-order valence-corrected chi connectivity index (χ4v) is 1.36. The molecule has 1 N–H and O–H groups in total. The lowest BCUT2D eigenvalue weighted by atomic mass is 10.2. The molecule has 1 rings (SSSR count). The Labute approximate surface area is 106 Å². The van der Waals surface area contributed by atoms with Gasteiger partial charge in [-0.1, -0.05) is 0 Å². The van der Waals surface area contributed by atoms with Crippen molar-refractivity contribution in [3.05, 3.63) is 23.8 Å². The Kier molecular flexibility index (Phi) is 6.18. The van der Waals surface area contributed by atoms with E-state index in [0.717, 1.165) is 6.29 Å². The Balaban J connectivity index is 2.58. The summed E-state index contributed by atoms with van der Waals surface area (Å²) in [5, 5.41) is 9.56. The number of carbonyl (C=O) groups excluding carboxylic acids is 1. The predicted octanol–water partition coefficient (Wildman–Crippen LogP) is 1.28. The van der Waals surface area contributed by atoms with Crippen LogP contribution in [0, 0.1) is 0 Å². The molecular weight excluding hydrogens is 236 g/mol. The first-order valence-electron chi connectivity index (χ1n) is 5.73. The highest BCUT2D eigenvalue weighted by Crippen LogP contribution is 2.27. The van der Waals surface area contributed by atoms with Gasteiger partial charge in [0.1, 0.15) is 19.0 Å². The van der Waals surface area contributed by atoms with Gasteiger partial charge in [-0.15, -0.1) is 0 Å². The summed E-state index contributed by atoms with van der Waals surface area (Å²) in [6.45, 7) is 2.74. The molecule has 1 aromatic carbocycles. The van der Waals surface area contributed by atoms with E-state index in [9.17, 15) is 9.90 Å². The van der Waals surface area contributed by atoms with Crippen LogP contribution in [0.5, 0.6) is 11.5 Å². The fourth-order valence-electron chi connectivity index (χ4n) is 1.36. The van der Waals surface area contributed by atoms with E-state index >= 15 is 0 Å². The largest absolute Gasteiger partial charge is 0.493 e. The maximum atomic E-state index is 10.6. The van der Waals surface area contributed by atoms with Crippen LogP contribution in [-0.4, -0.2) is 44.4 Å². The second-order valence-electron chi connectivity index (χ2n) is 3.65. The number of ether oxygens (including phenoxy) is 3. The Morgan fingerprint density at radius 3 is 2.72 bits per heavy atom. The summed E-state index contributed by atoms with van der Waals surface area (Å²) in [7, 11) is 1.49. The smallest absolute Gasteiger partial charge is 0.161 e. The summed E-state index contributed by atoms with van der Waals surface area (Å²) in [5.74, 6) is 0.946. The molecule has 0 fully saturated rings. The monoisotopic (exact) mass is 254 g/mol. The van der Waals surface area contributed by atoms with Crippen LogP contribution in [0.2, 0.25) is 0 Å². The normalized spacial score (nSPS) is 11.9. The fraction of sp³-hybridized carbons (Fsp3) is 0.462. The lowest BCUT2D eigenvalue weighted by Crippen LogP contribution is -2.23. The molecule has 100 valence electrons. The van der Waals surface area contributed by atoms with Crippen molar-refractivity contribution in [2.75, 3.05) is 26.9 Å². The first-order valence-corrected chi connectivity index (χ1v) is 5.73. The molecule has 0 heterocycles. The average Bonchev–Trinajstić information content (AvgIpc) is 2.42. The molecule has 0 saturated carbocycles. The summed E-state index contributed by atoms with van der Waals surface area (Å²) < 4.78 is 15.6. The van der Waals surface area contributed by atoms with Gasteiger partial charge in [0.05, 0.1) is 13.7 Å². The number of aliphatic hydroxyl groups excluding tert-OH is 1. The molecule has 5 nitrogen and oxygen atoms in total. The summed E-state index contributed by atoms with van der Waals surface area (Å²) in [6, 6.07) is 4.84. The van der Waals surface area contributed by atoms with Gasteiger partial charge in [0.15, 0.2) is 11.5 Å². The third kappa shape index (κ3) is 4.35. The molecule has 0 saturated heterocycles. The Morgan fingerprint density at radius 1 is 1.33 bits per heavy atom. The van der Waals surface area contributed by atoms with Gasteiger partial charge in [0.25, 0.3) is 0 Å². The number of benzene rings is 1. The number of methoxy groups -OCH3 is 1. The zero-order chi connectivity index (χ0) is 13.4. The summed E-state index contributed by atoms with van der Waals surface area (Å²) in [4.78, 5) is 10.6. The van der Waals surface area contributed by atoms with E-state index < -0.39 is 6.10 Å². The van der Waals surface area contributed by atoms with Crippen LogP contribution in [0.3, 0.4) is 0 Å². The van der Waals surface area contributed by atoms with Crippen molar-refractivity contribution < 1.29 is 24.1 Å². The number of carbonyl (C=O) groups is 1. The average molecular weight is 254 g/mol. The first kappa shape index (κ1) is 14.5. The molecule has 1 atom stereocenters. The quantitative estimate of drug-likeness (QED) is 0.708. The molecular formula is C13H18O5. The van der Waals surface area contributed by atoms with Crippen LogP contribution in [-0.2, 0) is 4.74 Å². The lowest BCUT2D eigenvalue weighted by molar-refractivity contribution is 0.0159. The van der Waals surface area contributed by atoms with Gasteiger partial charge >= 0.3 is 0 Å². The second-order valence-corrected chi connectivity index (χ2v) is 3.65. The Bertz CT molecular complexity index is 378. The van der Waals surface area contributed by atoms with Crippen molar-refractivity contribution in [2.45, 2.75) is 13.0 Å². The van der Waals surface area contributed by atoms with Gasteiger partial charge in [0, 0.05) is 12.2 Å². The van der Waals surface area contributed by atoms with Gasteiger partial charge in [-0.05, 0) is 25.1 Å². The van der Waals surface area contributed by atoms with Crippen LogP contribution in [0.1, 0.15) is 17.3 Å². The zero-order valence-electron chi connectivity index (χ0n) is 10.6. The van der Waals surface area contributed by atoms with E-state index in [1.807, 2.05) is 6.92 Å². The maximum absolute atomic E-state index is 10.6. The van der Waals surface area contributed by atoms with Crippen molar-refractivity contribution in [3.63, 3.8) is 0 Å². The highest BCUT2D eigenvalue weighted by molar-refractivity contribution is 5.76. The number of rotatable bonds is 8. The highest BCUT2D eigenvalue weighted by atomic mass is 16.5. The third-order valence-electron chi connectivity index (χ3n) is 2.27. The van der Waals surface area contributed by atoms with Crippen LogP contribution < -0.4 is 9.47 Å². The van der Waals surface area contributed by atoms with Gasteiger partial charge in [-0.2, -0.15) is 0 Å². The number of hydrogen-bond acceptors (Lipinski definition) is 5. The summed E-state index contributed by atoms with van der Waals surface area (Å²) in [5.41, 5.74) is 0.508. The Hall–Kier alpha value is -1.59. The molecule has 5 heteroatoms. The lowest BCUT2D eigenvalue weighted by Gasteiger charge is -2.14. The topological polar surface area (TPSA) is 65.0 Å². The standard InChI is InChI=1S/C13H18O5/c1-3-17-8-11(15)9-18-12-5-4-10(7-14)6-13(12)16-2/h4-7,11,15H,3,8-9H2,1-2H3. The molecule has 0 amide bonds. The summed E-state index contributed by atoms with van der Waals surface area (Å²) in [6.07, 6.45) is 0.0383. The van der Waals surface area contributed by atoms with E-state index in [-0.39, 0.29) is 13.2 Å². The predicted molar refractivity (Wildman–Crippen MR) is 66.4 cm³/mol. The van der Waals surface area contributed by atoms with E-state index in [0.29, 0.717) is 23.7 Å². The second kappa shape index (κ2) is 7.68. The van der Waals surface area contributed by atoms with E-state index in [1.165, 1.54) is 7.11 Å². The van der Waals surface area contributed by atoms with Gasteiger partial charge in [-0.3, -0.25) is 4.79 Å². The van der Waals surface area contributed by atoms with E-state index in [2.05, 4.69) is 0 Å². The minimum atomic E-state index is -0.694. The third-order valence-corrected chi connectivity index (χ3v) is 2.27. The highest BCUT2D eigenvalue weighted by Gasteiger charge is 2.09. The van der Waals surface area contributed by atoms with Crippen LogP contribution in [0.4, 0.5) is 0 Å². The van der Waals surface area contributed by atoms with Gasteiger partial charge in [0.2, 0.25) is 0 Å². The maximum Gasteiger partial charge on any atom is 0.161 e. The van der Waals surface area contributed by atoms with Gasteiger partial charge in [-0.25, -0.2) is 0 Å². The van der Waals surface area contributed by atoms with Crippen LogP contribution >= 0.6 is 0 Å². The van der Waals surface area contributed by atoms with Crippen LogP contribution in [0.25, 0.3) is 0 Å². The molecule has 0 aliphatic rings. The Morgan fingerprint density at radius 2 is 2.11 bits per heavy atom. The molecule has 0 radical (unpaired) electrons. The molecule has 0 aliphatic carbocycles. The van der Waals surface area contributed by atoms with Crippen molar-refractivity contribution in [3.8, 4) is 11.5 Å². The molecule has 0 aromatic heterocycles. The van der Waals surface area contributed by atoms with Crippen molar-refractivity contribution in [2.24, 2.45) is 0 Å². The molecule has 0 bridgehead atoms. The van der Waals surface area contributed by atoms with E-state index in [4.69, 9.17) is 14.2 Å². The van der Waals surface area contributed by atoms with Crippen LogP contribution in [0.15, 0.2) is 18.2 Å². The SMILES string of the molecule is CCOCC(O)COc1ccc(C=O)cc1OC. The molecule has 1 unspecified atom stereocenters. The number of hydrogen-bond donors (Lipinski definition) is 1. The first-order chi connectivity index (χ1) is 8.71. The van der Waals surface area contributed by atoms with Gasteiger partial charge < -0.3 is 19.3 Å². The summed E-state index contributed by atoms with van der Waals surface area (Å²) >= 11 is 0. The molecule has 1 aromatic rings. The number of aldehydes is 1. The molecule has 18 heavy (non-hydrogen) atoms. The number of aliphatic hydroxyl groups is 1. The zero-order valence-corrected chi connectivity index (χ0v) is 10.6. The molecule has 0 aliphatic heterocycles.